The topological polar surface area (TPSA) is 76.4 Å². The van der Waals surface area contributed by atoms with Gasteiger partial charge in [-0.3, -0.25) is 9.59 Å². The second-order valence-corrected chi connectivity index (χ2v) is 7.47. The lowest BCUT2D eigenvalue weighted by molar-refractivity contribution is -0.118. The van der Waals surface area contributed by atoms with Crippen LogP contribution in [0.15, 0.2) is 35.1 Å². The van der Waals surface area contributed by atoms with E-state index in [1.54, 1.807) is 19.1 Å². The second-order valence-electron chi connectivity index (χ2n) is 6.10. The normalized spacial score (nSPS) is 12.5. The molecular weight excluding hydrogens is 360 g/mol. The van der Waals surface area contributed by atoms with Crippen molar-refractivity contribution in [2.24, 2.45) is 5.92 Å². The predicted molar refractivity (Wildman–Crippen MR) is 99.5 cm³/mol. The van der Waals surface area contributed by atoms with Crippen molar-refractivity contribution in [1.82, 2.24) is 13.8 Å². The first kappa shape index (κ1) is 17.6. The van der Waals surface area contributed by atoms with Gasteiger partial charge in [-0.2, -0.15) is 8.77 Å². The third kappa shape index (κ3) is 3.72. The molecular formula is C17H17ClN4O2S. The minimum Gasteiger partial charge on any atom is -0.300 e. The molecule has 130 valence electrons. The number of carbonyl (C=O) groups is 1. The average molecular weight is 377 g/mol. The highest BCUT2D eigenvalue weighted by Gasteiger charge is 2.25. The fourth-order valence-corrected chi connectivity index (χ4v) is 3.54. The van der Waals surface area contributed by atoms with Crippen LogP contribution < -0.4 is 10.9 Å². The van der Waals surface area contributed by atoms with Gasteiger partial charge in [0, 0.05) is 16.8 Å². The lowest BCUT2D eigenvalue weighted by Crippen LogP contribution is -2.25. The quantitative estimate of drug-likeness (QED) is 0.756. The van der Waals surface area contributed by atoms with Gasteiger partial charge >= 0.3 is 0 Å². The van der Waals surface area contributed by atoms with Gasteiger partial charge in [0.15, 0.2) is 0 Å². The van der Waals surface area contributed by atoms with Crippen LogP contribution in [0.4, 0.5) is 5.13 Å². The zero-order chi connectivity index (χ0) is 18.1. The Labute approximate surface area is 153 Å². The van der Waals surface area contributed by atoms with Crippen LogP contribution in [0.2, 0.25) is 5.02 Å². The number of fused-ring (bicyclic) bond motifs is 1. The fourth-order valence-electron chi connectivity index (χ4n) is 2.67. The molecule has 0 saturated carbocycles. The van der Waals surface area contributed by atoms with Gasteiger partial charge in [-0.1, -0.05) is 37.6 Å². The molecule has 0 fully saturated rings. The van der Waals surface area contributed by atoms with E-state index in [1.165, 1.54) is 9.86 Å². The van der Waals surface area contributed by atoms with Crippen LogP contribution in [0.25, 0.3) is 5.78 Å². The van der Waals surface area contributed by atoms with Crippen molar-refractivity contribution < 1.29 is 4.79 Å². The lowest BCUT2D eigenvalue weighted by atomic mass is 9.88. The summed E-state index contributed by atoms with van der Waals surface area (Å²) in [6.45, 7) is 5.69. The number of anilines is 1. The molecule has 1 N–H and O–H groups in total. The van der Waals surface area contributed by atoms with Gasteiger partial charge in [-0.15, -0.1) is 0 Å². The molecule has 0 aliphatic heterocycles. The predicted octanol–water partition coefficient (Wildman–Crippen LogP) is 3.49. The van der Waals surface area contributed by atoms with E-state index in [1.807, 2.05) is 26.0 Å². The molecule has 3 rings (SSSR count). The standard InChI is InChI=1S/C17H17ClN4O2S/c1-9(2)14(11-4-6-12(18)7-5-11)15(24)20-17-21-16-19-10(3)8-13(23)22(16)25-17/h4-9,14H,1-3H3,(H,19,20,21,24)/t14-/m0/s1. The first-order chi connectivity index (χ1) is 11.8. The van der Waals surface area contributed by atoms with E-state index in [0.29, 0.717) is 15.8 Å². The molecule has 2 heterocycles. The van der Waals surface area contributed by atoms with Gasteiger partial charge in [-0.25, -0.2) is 4.98 Å². The first-order valence-corrected chi connectivity index (χ1v) is 8.94. The van der Waals surface area contributed by atoms with Crippen LogP contribution in [0.3, 0.4) is 0 Å². The van der Waals surface area contributed by atoms with Gasteiger partial charge < -0.3 is 5.32 Å². The molecule has 1 aromatic carbocycles. The summed E-state index contributed by atoms with van der Waals surface area (Å²) < 4.78 is 1.36. The molecule has 0 bridgehead atoms. The molecule has 8 heteroatoms. The van der Waals surface area contributed by atoms with Gasteiger partial charge in [0.05, 0.1) is 5.92 Å². The minimum absolute atomic E-state index is 0.0821. The molecule has 0 radical (unpaired) electrons. The van der Waals surface area contributed by atoms with Crippen molar-refractivity contribution in [1.29, 1.82) is 0 Å². The minimum atomic E-state index is -0.351. The molecule has 25 heavy (non-hydrogen) atoms. The van der Waals surface area contributed by atoms with E-state index in [-0.39, 0.29) is 29.1 Å². The highest BCUT2D eigenvalue weighted by Crippen LogP contribution is 2.27. The van der Waals surface area contributed by atoms with Crippen molar-refractivity contribution in [3.05, 3.63) is 57.0 Å². The number of aryl methyl sites for hydroxylation is 1. The molecule has 3 aromatic rings. The molecule has 1 amide bonds. The third-order valence-corrected chi connectivity index (χ3v) is 4.92. The highest BCUT2D eigenvalue weighted by atomic mass is 35.5. The Balaban J connectivity index is 1.90. The molecule has 0 spiro atoms. The van der Waals surface area contributed by atoms with E-state index in [0.717, 1.165) is 17.1 Å². The van der Waals surface area contributed by atoms with E-state index in [4.69, 9.17) is 11.6 Å². The molecule has 1 atom stereocenters. The van der Waals surface area contributed by atoms with E-state index < -0.39 is 0 Å². The molecule has 0 unspecified atom stereocenters. The Kier molecular flexibility index (Phi) is 4.87. The number of hydrogen-bond acceptors (Lipinski definition) is 5. The van der Waals surface area contributed by atoms with Crippen LogP contribution in [-0.4, -0.2) is 19.7 Å². The maximum Gasteiger partial charge on any atom is 0.268 e. The summed E-state index contributed by atoms with van der Waals surface area (Å²) in [5, 5.41) is 3.78. The van der Waals surface area contributed by atoms with E-state index in [2.05, 4.69) is 15.3 Å². The summed E-state index contributed by atoms with van der Waals surface area (Å²) >= 11 is 6.99. The Hall–Kier alpha value is -2.25. The van der Waals surface area contributed by atoms with Crippen LogP contribution in [0.5, 0.6) is 0 Å². The zero-order valence-electron chi connectivity index (χ0n) is 14.0. The number of benzene rings is 1. The highest BCUT2D eigenvalue weighted by molar-refractivity contribution is 7.10. The van der Waals surface area contributed by atoms with Crippen LogP contribution in [0.1, 0.15) is 31.0 Å². The van der Waals surface area contributed by atoms with Crippen molar-refractivity contribution in [2.45, 2.75) is 26.7 Å². The van der Waals surface area contributed by atoms with Gasteiger partial charge in [0.1, 0.15) is 0 Å². The number of rotatable bonds is 4. The molecule has 0 saturated heterocycles. The Morgan fingerprint density at radius 2 is 1.92 bits per heavy atom. The third-order valence-electron chi connectivity index (χ3n) is 3.78. The van der Waals surface area contributed by atoms with Crippen LogP contribution in [-0.2, 0) is 4.79 Å². The lowest BCUT2D eigenvalue weighted by Gasteiger charge is -2.20. The van der Waals surface area contributed by atoms with Gasteiger partial charge in [0.25, 0.3) is 5.56 Å². The maximum absolute atomic E-state index is 12.8. The molecule has 2 aromatic heterocycles. The van der Waals surface area contributed by atoms with E-state index >= 15 is 0 Å². The SMILES string of the molecule is Cc1cc(=O)n2sc(NC(=O)[C@H](c3ccc(Cl)cc3)C(C)C)nc2n1. The summed E-state index contributed by atoms with van der Waals surface area (Å²) in [5.41, 5.74) is 1.26. The maximum atomic E-state index is 12.8. The van der Waals surface area contributed by atoms with Gasteiger partial charge in [0.2, 0.25) is 16.8 Å². The Morgan fingerprint density at radius 1 is 1.24 bits per heavy atom. The fraction of sp³-hybridized carbons (Fsp3) is 0.294. The van der Waals surface area contributed by atoms with Crippen molar-refractivity contribution in [2.75, 3.05) is 5.32 Å². The summed E-state index contributed by atoms with van der Waals surface area (Å²) in [6.07, 6.45) is 0. The zero-order valence-corrected chi connectivity index (χ0v) is 15.6. The number of amides is 1. The second kappa shape index (κ2) is 6.93. The Morgan fingerprint density at radius 3 is 2.56 bits per heavy atom. The first-order valence-electron chi connectivity index (χ1n) is 7.79. The van der Waals surface area contributed by atoms with Gasteiger partial charge in [-0.05, 0) is 42.1 Å². The summed E-state index contributed by atoms with van der Waals surface area (Å²) in [5.74, 6) is -0.159. The monoisotopic (exact) mass is 376 g/mol. The summed E-state index contributed by atoms with van der Waals surface area (Å²) in [6, 6.07) is 8.66. The number of nitrogens with zero attached hydrogens (tertiary/aromatic N) is 3. The average Bonchev–Trinajstić information content (AvgIpc) is 2.91. The van der Waals surface area contributed by atoms with Crippen LogP contribution in [0, 0.1) is 12.8 Å². The number of aromatic nitrogens is 3. The van der Waals surface area contributed by atoms with Crippen molar-refractivity contribution in [3.63, 3.8) is 0 Å². The number of hydrogen-bond donors (Lipinski definition) is 1. The Bertz CT molecular complexity index is 978. The summed E-state index contributed by atoms with van der Waals surface area (Å²) in [4.78, 5) is 33.2. The van der Waals surface area contributed by atoms with Crippen LogP contribution >= 0.6 is 23.1 Å². The largest absolute Gasteiger partial charge is 0.300 e. The molecule has 0 aliphatic rings. The smallest absolute Gasteiger partial charge is 0.268 e. The van der Waals surface area contributed by atoms with Crippen molar-refractivity contribution >= 4 is 39.9 Å². The van der Waals surface area contributed by atoms with E-state index in [9.17, 15) is 9.59 Å². The number of halogens is 1. The molecule has 0 aliphatic carbocycles. The summed E-state index contributed by atoms with van der Waals surface area (Å²) in [7, 11) is 0. The number of carbonyl (C=O) groups excluding carboxylic acids is 1. The molecule has 6 nitrogen and oxygen atoms in total. The number of nitrogens with one attached hydrogen (secondary N) is 1. The van der Waals surface area contributed by atoms with Crippen molar-refractivity contribution in [3.8, 4) is 0 Å².